The van der Waals surface area contributed by atoms with E-state index < -0.39 is 11.7 Å². The molecule has 0 saturated carbocycles. The molecule has 0 radical (unpaired) electrons. The molecule has 1 amide bonds. The van der Waals surface area contributed by atoms with Gasteiger partial charge in [-0.25, -0.2) is 4.39 Å². The van der Waals surface area contributed by atoms with E-state index in [1.165, 1.54) is 18.2 Å². The number of halogens is 3. The molecule has 0 spiro atoms. The van der Waals surface area contributed by atoms with Crippen LogP contribution >= 0.6 is 23.2 Å². The van der Waals surface area contributed by atoms with Crippen LogP contribution in [0.3, 0.4) is 0 Å². The van der Waals surface area contributed by atoms with Crippen LogP contribution in [0.15, 0.2) is 36.4 Å². The van der Waals surface area contributed by atoms with Crippen molar-refractivity contribution >= 4 is 40.5 Å². The zero-order valence-corrected chi connectivity index (χ0v) is 11.1. The van der Waals surface area contributed by atoms with Crippen LogP contribution in [0.5, 0.6) is 0 Å². The van der Waals surface area contributed by atoms with Gasteiger partial charge in [-0.2, -0.15) is 0 Å². The van der Waals surface area contributed by atoms with E-state index >= 15 is 0 Å². The van der Waals surface area contributed by atoms with Crippen molar-refractivity contribution in [3.05, 3.63) is 57.8 Å². The fourth-order valence-electron chi connectivity index (χ4n) is 1.45. The lowest BCUT2D eigenvalue weighted by atomic mass is 10.2. The van der Waals surface area contributed by atoms with Gasteiger partial charge in [0.05, 0.1) is 15.7 Å². The van der Waals surface area contributed by atoms with Crippen molar-refractivity contribution in [3.8, 4) is 0 Å². The minimum absolute atomic E-state index is 0.0351. The molecule has 3 N–H and O–H groups in total. The number of nitrogens with two attached hydrogens (primary N) is 1. The fraction of sp³-hybridized carbons (Fsp3) is 0. The summed E-state index contributed by atoms with van der Waals surface area (Å²) in [5.41, 5.74) is 6.61. The van der Waals surface area contributed by atoms with Gasteiger partial charge in [0, 0.05) is 11.3 Å². The topological polar surface area (TPSA) is 55.1 Å². The van der Waals surface area contributed by atoms with E-state index in [-0.39, 0.29) is 10.6 Å². The Labute approximate surface area is 119 Å². The Bertz CT molecular complexity index is 647. The van der Waals surface area contributed by atoms with Gasteiger partial charge >= 0.3 is 0 Å². The maximum absolute atomic E-state index is 13.2. The molecule has 0 aliphatic heterocycles. The van der Waals surface area contributed by atoms with Crippen LogP contribution in [-0.4, -0.2) is 5.91 Å². The fourth-order valence-corrected chi connectivity index (χ4v) is 1.74. The normalized spacial score (nSPS) is 10.3. The SMILES string of the molecule is Nc1ccc(NC(=O)c2ccc(Cl)c(F)c2)cc1Cl. The van der Waals surface area contributed by atoms with E-state index in [0.29, 0.717) is 16.4 Å². The first kappa shape index (κ1) is 13.6. The molecule has 98 valence electrons. The highest BCUT2D eigenvalue weighted by Gasteiger charge is 2.09. The number of anilines is 2. The lowest BCUT2D eigenvalue weighted by Gasteiger charge is -2.07. The van der Waals surface area contributed by atoms with Crippen molar-refractivity contribution in [2.24, 2.45) is 0 Å². The van der Waals surface area contributed by atoms with E-state index in [0.717, 1.165) is 6.07 Å². The van der Waals surface area contributed by atoms with E-state index in [1.54, 1.807) is 12.1 Å². The smallest absolute Gasteiger partial charge is 0.255 e. The van der Waals surface area contributed by atoms with E-state index in [2.05, 4.69) is 5.32 Å². The second-order valence-corrected chi connectivity index (χ2v) is 4.63. The van der Waals surface area contributed by atoms with Gasteiger partial charge in [0.2, 0.25) is 0 Å². The van der Waals surface area contributed by atoms with Crippen molar-refractivity contribution in [1.82, 2.24) is 0 Å². The van der Waals surface area contributed by atoms with Gasteiger partial charge in [-0.3, -0.25) is 4.79 Å². The zero-order chi connectivity index (χ0) is 14.0. The predicted octanol–water partition coefficient (Wildman–Crippen LogP) is 3.97. The third kappa shape index (κ3) is 3.16. The van der Waals surface area contributed by atoms with Gasteiger partial charge in [-0.1, -0.05) is 23.2 Å². The number of nitrogens with one attached hydrogen (secondary N) is 1. The molecule has 6 heteroatoms. The summed E-state index contributed by atoms with van der Waals surface area (Å²) >= 11 is 11.4. The molecule has 19 heavy (non-hydrogen) atoms. The molecule has 0 saturated heterocycles. The molecule has 0 fully saturated rings. The first-order chi connectivity index (χ1) is 8.97. The second-order valence-electron chi connectivity index (χ2n) is 3.82. The molecule has 2 rings (SSSR count). The monoisotopic (exact) mass is 298 g/mol. The second kappa shape index (κ2) is 5.47. The van der Waals surface area contributed by atoms with Crippen LogP contribution in [0.2, 0.25) is 10.0 Å². The quantitative estimate of drug-likeness (QED) is 0.824. The molecular formula is C13H9Cl2FN2O. The van der Waals surface area contributed by atoms with E-state index in [9.17, 15) is 9.18 Å². The van der Waals surface area contributed by atoms with Crippen LogP contribution in [0.4, 0.5) is 15.8 Å². The zero-order valence-electron chi connectivity index (χ0n) is 9.58. The largest absolute Gasteiger partial charge is 0.398 e. The number of nitrogen functional groups attached to an aromatic ring is 1. The molecule has 0 aliphatic carbocycles. The molecule has 0 aliphatic rings. The Hall–Kier alpha value is -1.78. The number of amides is 1. The molecule has 0 bridgehead atoms. The average molecular weight is 299 g/mol. The van der Waals surface area contributed by atoms with Gasteiger partial charge in [0.15, 0.2) is 0 Å². The maximum atomic E-state index is 13.2. The molecule has 3 nitrogen and oxygen atoms in total. The molecule has 0 aromatic heterocycles. The predicted molar refractivity (Wildman–Crippen MR) is 75.2 cm³/mol. The number of carbonyl (C=O) groups excluding carboxylic acids is 1. The van der Waals surface area contributed by atoms with Crippen LogP contribution < -0.4 is 11.1 Å². The summed E-state index contributed by atoms with van der Waals surface area (Å²) in [5.74, 6) is -1.11. The van der Waals surface area contributed by atoms with Gasteiger partial charge in [0.1, 0.15) is 5.82 Å². The van der Waals surface area contributed by atoms with Crippen LogP contribution in [0.25, 0.3) is 0 Å². The highest BCUT2D eigenvalue weighted by Crippen LogP contribution is 2.23. The summed E-state index contributed by atoms with van der Waals surface area (Å²) in [5, 5.41) is 2.88. The molecule has 2 aromatic carbocycles. The van der Waals surface area contributed by atoms with Crippen molar-refractivity contribution < 1.29 is 9.18 Å². The minimum Gasteiger partial charge on any atom is -0.398 e. The molecular weight excluding hydrogens is 290 g/mol. The third-order valence-corrected chi connectivity index (χ3v) is 3.07. The van der Waals surface area contributed by atoms with Crippen molar-refractivity contribution in [3.63, 3.8) is 0 Å². The van der Waals surface area contributed by atoms with Crippen LogP contribution in [0.1, 0.15) is 10.4 Å². The van der Waals surface area contributed by atoms with E-state index in [1.807, 2.05) is 0 Å². The summed E-state index contributed by atoms with van der Waals surface area (Å²) in [4.78, 5) is 11.9. The number of hydrogen-bond acceptors (Lipinski definition) is 2. The third-order valence-electron chi connectivity index (χ3n) is 2.44. The molecule has 0 atom stereocenters. The number of hydrogen-bond donors (Lipinski definition) is 2. The Balaban J connectivity index is 2.20. The minimum atomic E-state index is -0.648. The summed E-state index contributed by atoms with van der Waals surface area (Å²) in [6.45, 7) is 0. The molecule has 0 heterocycles. The van der Waals surface area contributed by atoms with Crippen molar-refractivity contribution in [2.75, 3.05) is 11.1 Å². The Morgan fingerprint density at radius 3 is 2.47 bits per heavy atom. The Morgan fingerprint density at radius 2 is 1.84 bits per heavy atom. The summed E-state index contributed by atoms with van der Waals surface area (Å²) in [7, 11) is 0. The summed E-state index contributed by atoms with van der Waals surface area (Å²) < 4.78 is 13.2. The van der Waals surface area contributed by atoms with Gasteiger partial charge in [-0.15, -0.1) is 0 Å². The van der Waals surface area contributed by atoms with Crippen LogP contribution in [-0.2, 0) is 0 Å². The van der Waals surface area contributed by atoms with Crippen molar-refractivity contribution in [1.29, 1.82) is 0 Å². The number of carbonyl (C=O) groups is 1. The standard InChI is InChI=1S/C13H9Cl2FN2O/c14-9-3-1-7(5-11(9)16)13(19)18-8-2-4-12(17)10(15)6-8/h1-6H,17H2,(H,18,19). The first-order valence-corrected chi connectivity index (χ1v) is 6.04. The van der Waals surface area contributed by atoms with Crippen LogP contribution in [0, 0.1) is 5.82 Å². The highest BCUT2D eigenvalue weighted by molar-refractivity contribution is 6.33. The van der Waals surface area contributed by atoms with Gasteiger partial charge in [-0.05, 0) is 36.4 Å². The van der Waals surface area contributed by atoms with Gasteiger partial charge in [0.25, 0.3) is 5.91 Å². The van der Waals surface area contributed by atoms with Gasteiger partial charge < -0.3 is 11.1 Å². The van der Waals surface area contributed by atoms with E-state index in [4.69, 9.17) is 28.9 Å². The Kier molecular flexibility index (Phi) is 3.93. The summed E-state index contributed by atoms with van der Waals surface area (Å²) in [6.07, 6.45) is 0. The first-order valence-electron chi connectivity index (χ1n) is 5.29. The number of benzene rings is 2. The highest BCUT2D eigenvalue weighted by atomic mass is 35.5. The van der Waals surface area contributed by atoms with Crippen molar-refractivity contribution in [2.45, 2.75) is 0 Å². The maximum Gasteiger partial charge on any atom is 0.255 e. The lowest BCUT2D eigenvalue weighted by Crippen LogP contribution is -2.12. The Morgan fingerprint density at radius 1 is 1.11 bits per heavy atom. The number of rotatable bonds is 2. The lowest BCUT2D eigenvalue weighted by molar-refractivity contribution is 0.102. The molecule has 0 unspecified atom stereocenters. The summed E-state index contributed by atoms with van der Waals surface area (Å²) in [6, 6.07) is 8.50. The molecule has 2 aromatic rings. The average Bonchev–Trinajstić information content (AvgIpc) is 2.37.